The quantitative estimate of drug-likeness (QED) is 0.0790. The molecule has 20 aromatic rings. The molecule has 0 bridgehead atoms. The van der Waals surface area contributed by atoms with E-state index in [-0.39, 0.29) is 0 Å². The molecule has 0 unspecified atom stereocenters. The summed E-state index contributed by atoms with van der Waals surface area (Å²) >= 11 is 0. The van der Waals surface area contributed by atoms with Gasteiger partial charge in [0.1, 0.15) is 0 Å². The Morgan fingerprint density at radius 2 is 0.307 bits per heavy atom. The van der Waals surface area contributed by atoms with E-state index in [1.807, 2.05) is 0 Å². The van der Waals surface area contributed by atoms with Gasteiger partial charge in [0.05, 0.1) is 11.4 Å². The van der Waals surface area contributed by atoms with E-state index in [4.69, 9.17) is 0 Å². The number of anilines is 6. The Bertz CT molecular complexity index is 6180. The third-order valence-corrected chi connectivity index (χ3v) is 22.5. The largest absolute Gasteiger partial charge is 0.310 e. The highest BCUT2D eigenvalue weighted by atomic mass is 15.1. The van der Waals surface area contributed by atoms with Gasteiger partial charge in [-0.05, 0) is 289 Å². The molecule has 20 rings (SSSR count). The molecule has 0 amide bonds. The average Bonchev–Trinajstić information content (AvgIpc) is 0.718. The number of nitrogens with zero attached hydrogens (tertiary/aromatic N) is 2. The van der Waals surface area contributed by atoms with Crippen LogP contribution in [0.2, 0.25) is 0 Å². The van der Waals surface area contributed by atoms with Crippen LogP contribution in [0.3, 0.4) is 0 Å². The van der Waals surface area contributed by atoms with Crippen molar-refractivity contribution >= 4 is 66.4 Å². The Morgan fingerprint density at radius 3 is 0.535 bits per heavy atom. The Kier molecular flexibility index (Phi) is 18.1. The van der Waals surface area contributed by atoms with Gasteiger partial charge >= 0.3 is 0 Å². The van der Waals surface area contributed by atoms with Gasteiger partial charge in [-0.2, -0.15) is 0 Å². The third-order valence-electron chi connectivity index (χ3n) is 22.5. The summed E-state index contributed by atoms with van der Waals surface area (Å²) in [6, 6.07) is 170. The van der Waals surface area contributed by atoms with Crippen molar-refractivity contribution in [2.45, 2.75) is 0 Å². The zero-order valence-corrected chi connectivity index (χ0v) is 62.8. The van der Waals surface area contributed by atoms with E-state index in [0.717, 1.165) is 89.4 Å². The maximum Gasteiger partial charge on any atom is 0.0540 e. The van der Waals surface area contributed by atoms with Crippen LogP contribution < -0.4 is 9.80 Å². The first-order valence-corrected chi connectivity index (χ1v) is 39.2. The molecule has 114 heavy (non-hydrogen) atoms. The Hall–Kier alpha value is -15.0. The summed E-state index contributed by atoms with van der Waals surface area (Å²) in [5, 5.41) is 7.05. The van der Waals surface area contributed by atoms with E-state index in [1.165, 1.54) is 111 Å². The lowest BCUT2D eigenvalue weighted by atomic mass is 9.91. The van der Waals surface area contributed by atoms with Gasteiger partial charge in [-0.1, -0.05) is 328 Å². The summed E-state index contributed by atoms with van der Waals surface area (Å²) in [6.45, 7) is 0. The van der Waals surface area contributed by atoms with Gasteiger partial charge < -0.3 is 9.80 Å². The topological polar surface area (TPSA) is 6.48 Å². The molecule has 0 atom stereocenters. The Labute approximate surface area is 666 Å². The van der Waals surface area contributed by atoms with Crippen LogP contribution in [0.5, 0.6) is 0 Å². The van der Waals surface area contributed by atoms with Crippen molar-refractivity contribution in [3.8, 4) is 134 Å². The summed E-state index contributed by atoms with van der Waals surface area (Å²) in [4.78, 5) is 4.98. The second kappa shape index (κ2) is 30.1. The summed E-state index contributed by atoms with van der Waals surface area (Å²) in [5.74, 6) is 0. The van der Waals surface area contributed by atoms with Crippen molar-refractivity contribution in [1.82, 2.24) is 0 Å². The number of rotatable bonds is 18. The minimum absolute atomic E-state index is 1.04. The molecule has 0 radical (unpaired) electrons. The molecule has 20 aromatic carbocycles. The first-order chi connectivity index (χ1) is 56.5. The number of hydrogen-bond donors (Lipinski definition) is 0. The fraction of sp³-hybridized carbons (Fsp3) is 0. The lowest BCUT2D eigenvalue weighted by Crippen LogP contribution is -2.11. The van der Waals surface area contributed by atoms with E-state index in [9.17, 15) is 0 Å². The van der Waals surface area contributed by atoms with Gasteiger partial charge in [0.15, 0.2) is 0 Å². The molecule has 0 saturated carbocycles. The predicted octanol–water partition coefficient (Wildman–Crippen LogP) is 31.5. The van der Waals surface area contributed by atoms with Crippen molar-refractivity contribution in [3.05, 3.63) is 461 Å². The zero-order valence-electron chi connectivity index (χ0n) is 62.8. The van der Waals surface area contributed by atoms with Gasteiger partial charge in [0.25, 0.3) is 0 Å². The zero-order chi connectivity index (χ0) is 75.7. The lowest BCUT2D eigenvalue weighted by molar-refractivity contribution is 1.30. The van der Waals surface area contributed by atoms with Crippen LogP contribution in [0.15, 0.2) is 461 Å². The molecule has 0 aliphatic carbocycles. The van der Waals surface area contributed by atoms with Crippen molar-refractivity contribution < 1.29 is 0 Å². The molecule has 0 spiro atoms. The van der Waals surface area contributed by atoms with Crippen LogP contribution in [0.25, 0.3) is 166 Å². The predicted molar refractivity (Wildman–Crippen MR) is 485 cm³/mol. The van der Waals surface area contributed by atoms with E-state index in [1.54, 1.807) is 0 Å². The van der Waals surface area contributed by atoms with Crippen LogP contribution in [0, 0.1) is 0 Å². The third kappa shape index (κ3) is 13.5. The molecule has 534 valence electrons. The van der Waals surface area contributed by atoms with Gasteiger partial charge in [0, 0.05) is 33.5 Å². The molecule has 0 saturated heterocycles. The molecular weight excluding hydrogens is 1370 g/mol. The van der Waals surface area contributed by atoms with Gasteiger partial charge in [-0.3, -0.25) is 0 Å². The average molecular weight is 1450 g/mol. The highest BCUT2D eigenvalue weighted by molar-refractivity contribution is 6.28. The Morgan fingerprint density at radius 1 is 0.114 bits per heavy atom. The summed E-state index contributed by atoms with van der Waals surface area (Å²) in [6.07, 6.45) is 0. The lowest BCUT2D eigenvalue weighted by Gasteiger charge is -2.30. The normalized spacial score (nSPS) is 11.3. The van der Waals surface area contributed by atoms with Crippen LogP contribution in [0.1, 0.15) is 0 Å². The second-order valence-corrected chi connectivity index (χ2v) is 29.6. The molecule has 2 heteroatoms. The molecular formula is C112H76N2. The van der Waals surface area contributed by atoms with E-state index in [0.29, 0.717) is 0 Å². The molecule has 0 heterocycles. The number of hydrogen-bond acceptors (Lipinski definition) is 2. The Balaban J connectivity index is 0.767. The highest BCUT2D eigenvalue weighted by Crippen LogP contribution is 2.50. The SMILES string of the molecule is c1ccc(-c2cc(-c3ccccc3)cc(-c3ccc(N(c4cccc(-c5cc(-c6ccccc6)cc(-c6ccccc6)c5)c4)c4ccc5ccc6c(N(c7ccc(-c8cc(-c9ccccc9)cc(-c9ccccc9)c8)cc7)c7cccc(-c8cc(-c9ccccc9)cc(-c9ccccc9)c8)c7)ccc7ccc4c5c76)cc3)c2)cc1. The molecule has 0 aliphatic rings. The van der Waals surface area contributed by atoms with Gasteiger partial charge in [-0.15, -0.1) is 0 Å². The fourth-order valence-corrected chi connectivity index (χ4v) is 16.8. The van der Waals surface area contributed by atoms with E-state index < -0.39 is 0 Å². The maximum absolute atomic E-state index is 2.49. The summed E-state index contributed by atoms with van der Waals surface area (Å²) < 4.78 is 0. The molecule has 0 N–H and O–H groups in total. The first kappa shape index (κ1) is 68.3. The van der Waals surface area contributed by atoms with Crippen molar-refractivity contribution in [3.63, 3.8) is 0 Å². The standard InChI is InChI=1S/C112H76N2/c1-9-27-77(28-10-1)91-63-92(78-29-11-2-12-30-78)68-99(67-91)85-47-55-103(56-48-85)113(105-45-25-43-89(75-105)101-71-95(81-35-17-5-18-36-81)65-96(72-101)82-37-19-6-20-38-82)109-61-53-87-52-60-108-110(62-54-88-51-59-107(109)111(87)112(88)108)114(104-57-49-86(50-58-104)100-69-93(79-31-13-3-14-32-79)64-94(70-100)80-33-15-4-16-34-80)106-46-26-44-90(76-106)102-73-97(83-39-21-7-22-40-83)66-98(74-102)84-41-23-8-24-42-84/h1-76H. The van der Waals surface area contributed by atoms with Crippen LogP contribution in [-0.4, -0.2) is 0 Å². The molecule has 0 fully saturated rings. The first-order valence-electron chi connectivity index (χ1n) is 39.2. The molecule has 0 aliphatic heterocycles. The number of benzene rings is 20. The minimum atomic E-state index is 1.04. The van der Waals surface area contributed by atoms with Crippen LogP contribution in [-0.2, 0) is 0 Å². The van der Waals surface area contributed by atoms with Gasteiger partial charge in [0.2, 0.25) is 0 Å². The van der Waals surface area contributed by atoms with Crippen molar-refractivity contribution in [2.75, 3.05) is 9.80 Å². The highest BCUT2D eigenvalue weighted by Gasteiger charge is 2.25. The van der Waals surface area contributed by atoms with E-state index in [2.05, 4.69) is 471 Å². The fourth-order valence-electron chi connectivity index (χ4n) is 16.8. The smallest absolute Gasteiger partial charge is 0.0540 e. The molecule has 2 nitrogen and oxygen atoms in total. The summed E-state index contributed by atoms with van der Waals surface area (Å²) in [5.41, 5.74) is 34.2. The molecule has 0 aromatic heterocycles. The second-order valence-electron chi connectivity index (χ2n) is 29.6. The van der Waals surface area contributed by atoms with Gasteiger partial charge in [-0.25, -0.2) is 0 Å². The van der Waals surface area contributed by atoms with E-state index >= 15 is 0 Å². The summed E-state index contributed by atoms with van der Waals surface area (Å²) in [7, 11) is 0. The monoisotopic (exact) mass is 1450 g/mol. The van der Waals surface area contributed by atoms with Crippen LogP contribution in [0.4, 0.5) is 34.1 Å². The van der Waals surface area contributed by atoms with Crippen molar-refractivity contribution in [1.29, 1.82) is 0 Å². The minimum Gasteiger partial charge on any atom is -0.310 e. The van der Waals surface area contributed by atoms with Crippen molar-refractivity contribution in [2.24, 2.45) is 0 Å². The maximum atomic E-state index is 2.49. The van der Waals surface area contributed by atoms with Crippen LogP contribution >= 0.6 is 0 Å².